The number of aliphatic hydroxyl groups excluding tert-OH is 1. The molecule has 0 saturated carbocycles. The zero-order valence-electron chi connectivity index (χ0n) is 10.7. The first-order valence-electron chi connectivity index (χ1n) is 5.89. The van der Waals surface area contributed by atoms with E-state index >= 15 is 0 Å². The van der Waals surface area contributed by atoms with Gasteiger partial charge in [0.25, 0.3) is 0 Å². The standard InChI is InChI=1S/C13H20ClNO3/c1-10(9-17-2)18-13-5-3-11(4-6-13)15-8-12(16)7-14/h3-6,10,12,15-16H,7-9H2,1-2H3. The Bertz CT molecular complexity index is 332. The number of hydrogen-bond donors (Lipinski definition) is 2. The highest BCUT2D eigenvalue weighted by Crippen LogP contribution is 2.17. The zero-order valence-corrected chi connectivity index (χ0v) is 11.5. The lowest BCUT2D eigenvalue weighted by Gasteiger charge is -2.14. The molecule has 2 N–H and O–H groups in total. The molecular formula is C13H20ClNO3. The van der Waals surface area contributed by atoms with Gasteiger partial charge in [0, 0.05) is 19.3 Å². The van der Waals surface area contributed by atoms with Crippen molar-refractivity contribution in [3.8, 4) is 5.75 Å². The van der Waals surface area contributed by atoms with Crippen molar-refractivity contribution < 1.29 is 14.6 Å². The molecule has 1 aromatic rings. The lowest BCUT2D eigenvalue weighted by molar-refractivity contribution is 0.0921. The summed E-state index contributed by atoms with van der Waals surface area (Å²) < 4.78 is 10.6. The maximum atomic E-state index is 9.32. The Morgan fingerprint density at radius 2 is 2.00 bits per heavy atom. The van der Waals surface area contributed by atoms with E-state index in [9.17, 15) is 5.11 Å². The summed E-state index contributed by atoms with van der Waals surface area (Å²) in [5.41, 5.74) is 0.922. The third-order valence-corrected chi connectivity index (χ3v) is 2.67. The Morgan fingerprint density at radius 1 is 1.33 bits per heavy atom. The second-order valence-corrected chi connectivity index (χ2v) is 4.41. The summed E-state index contributed by atoms with van der Waals surface area (Å²) in [6.07, 6.45) is -0.517. The predicted molar refractivity (Wildman–Crippen MR) is 73.6 cm³/mol. The molecule has 0 aliphatic rings. The van der Waals surface area contributed by atoms with E-state index in [1.807, 2.05) is 31.2 Å². The van der Waals surface area contributed by atoms with E-state index in [-0.39, 0.29) is 12.0 Å². The van der Waals surface area contributed by atoms with Crippen LogP contribution in [0.25, 0.3) is 0 Å². The summed E-state index contributed by atoms with van der Waals surface area (Å²) in [6, 6.07) is 7.55. The number of halogens is 1. The van der Waals surface area contributed by atoms with Crippen LogP contribution in [0.2, 0.25) is 0 Å². The molecule has 1 rings (SSSR count). The smallest absolute Gasteiger partial charge is 0.119 e. The van der Waals surface area contributed by atoms with E-state index in [0.29, 0.717) is 13.2 Å². The van der Waals surface area contributed by atoms with Gasteiger partial charge in [-0.15, -0.1) is 11.6 Å². The van der Waals surface area contributed by atoms with Crippen LogP contribution < -0.4 is 10.1 Å². The van der Waals surface area contributed by atoms with Gasteiger partial charge in [-0.1, -0.05) is 0 Å². The quantitative estimate of drug-likeness (QED) is 0.713. The zero-order chi connectivity index (χ0) is 13.4. The van der Waals surface area contributed by atoms with Gasteiger partial charge in [0.05, 0.1) is 18.6 Å². The SMILES string of the molecule is COCC(C)Oc1ccc(NCC(O)CCl)cc1. The average molecular weight is 274 g/mol. The average Bonchev–Trinajstić information content (AvgIpc) is 2.37. The first-order chi connectivity index (χ1) is 8.65. The van der Waals surface area contributed by atoms with Gasteiger partial charge in [-0.05, 0) is 31.2 Å². The first-order valence-corrected chi connectivity index (χ1v) is 6.42. The number of alkyl halides is 1. The van der Waals surface area contributed by atoms with E-state index < -0.39 is 6.10 Å². The van der Waals surface area contributed by atoms with E-state index in [1.54, 1.807) is 7.11 Å². The third-order valence-electron chi connectivity index (χ3n) is 2.31. The molecular weight excluding hydrogens is 254 g/mol. The maximum absolute atomic E-state index is 9.32. The molecule has 0 saturated heterocycles. The van der Waals surface area contributed by atoms with Crippen molar-refractivity contribution in [1.29, 1.82) is 0 Å². The topological polar surface area (TPSA) is 50.7 Å². The van der Waals surface area contributed by atoms with Crippen LogP contribution in [0.15, 0.2) is 24.3 Å². The molecule has 2 unspecified atom stereocenters. The molecule has 0 aliphatic carbocycles. The number of methoxy groups -OCH3 is 1. The Labute approximate surface area is 113 Å². The van der Waals surface area contributed by atoms with Crippen LogP contribution >= 0.6 is 11.6 Å². The highest BCUT2D eigenvalue weighted by Gasteiger charge is 2.04. The fraction of sp³-hybridized carbons (Fsp3) is 0.538. The Balaban J connectivity index is 2.42. The molecule has 0 radical (unpaired) electrons. The number of benzene rings is 1. The minimum atomic E-state index is -0.538. The van der Waals surface area contributed by atoms with Gasteiger partial charge in [0.1, 0.15) is 11.9 Å². The molecule has 0 bridgehead atoms. The Morgan fingerprint density at radius 3 is 2.56 bits per heavy atom. The molecule has 5 heteroatoms. The monoisotopic (exact) mass is 273 g/mol. The fourth-order valence-corrected chi connectivity index (χ4v) is 1.55. The lowest BCUT2D eigenvalue weighted by atomic mass is 10.3. The molecule has 4 nitrogen and oxygen atoms in total. The van der Waals surface area contributed by atoms with Crippen molar-refractivity contribution >= 4 is 17.3 Å². The summed E-state index contributed by atoms with van der Waals surface area (Å²) >= 11 is 5.51. The minimum absolute atomic E-state index is 0.0203. The highest BCUT2D eigenvalue weighted by atomic mass is 35.5. The predicted octanol–water partition coefficient (Wildman–Crippen LogP) is 2.11. The minimum Gasteiger partial charge on any atom is -0.488 e. The van der Waals surface area contributed by atoms with Crippen molar-refractivity contribution in [2.75, 3.05) is 31.5 Å². The number of ether oxygens (including phenoxy) is 2. The fourth-order valence-electron chi connectivity index (χ4n) is 1.44. The van der Waals surface area contributed by atoms with E-state index in [1.165, 1.54) is 0 Å². The normalized spacial score (nSPS) is 14.0. The van der Waals surface area contributed by atoms with Crippen LogP contribution in [0.3, 0.4) is 0 Å². The van der Waals surface area contributed by atoms with E-state index in [0.717, 1.165) is 11.4 Å². The van der Waals surface area contributed by atoms with Crippen LogP contribution in [-0.2, 0) is 4.74 Å². The molecule has 2 atom stereocenters. The molecule has 102 valence electrons. The largest absolute Gasteiger partial charge is 0.488 e. The molecule has 0 spiro atoms. The number of aliphatic hydroxyl groups is 1. The van der Waals surface area contributed by atoms with Crippen LogP contribution in [0.4, 0.5) is 5.69 Å². The Kier molecular flexibility index (Phi) is 6.86. The van der Waals surface area contributed by atoms with Gasteiger partial charge in [0.2, 0.25) is 0 Å². The maximum Gasteiger partial charge on any atom is 0.119 e. The summed E-state index contributed by atoms with van der Waals surface area (Å²) in [5.74, 6) is 1.02. The Hall–Kier alpha value is -0.970. The number of anilines is 1. The van der Waals surface area contributed by atoms with Crippen molar-refractivity contribution in [3.05, 3.63) is 24.3 Å². The van der Waals surface area contributed by atoms with Gasteiger partial charge in [-0.2, -0.15) is 0 Å². The van der Waals surface area contributed by atoms with Crippen molar-refractivity contribution in [1.82, 2.24) is 0 Å². The van der Waals surface area contributed by atoms with Gasteiger partial charge < -0.3 is 19.9 Å². The van der Waals surface area contributed by atoms with Crippen LogP contribution in [0, 0.1) is 0 Å². The molecule has 0 amide bonds. The van der Waals surface area contributed by atoms with E-state index in [2.05, 4.69) is 5.32 Å². The van der Waals surface area contributed by atoms with Gasteiger partial charge in [-0.25, -0.2) is 0 Å². The first kappa shape index (κ1) is 15.1. The second kappa shape index (κ2) is 8.19. The number of rotatable bonds is 8. The molecule has 18 heavy (non-hydrogen) atoms. The van der Waals surface area contributed by atoms with E-state index in [4.69, 9.17) is 21.1 Å². The lowest BCUT2D eigenvalue weighted by Crippen LogP contribution is -2.20. The summed E-state index contributed by atoms with van der Waals surface area (Å²) in [4.78, 5) is 0. The van der Waals surface area contributed by atoms with Gasteiger partial charge in [-0.3, -0.25) is 0 Å². The van der Waals surface area contributed by atoms with Gasteiger partial charge >= 0.3 is 0 Å². The summed E-state index contributed by atoms with van der Waals surface area (Å²) in [6.45, 7) is 2.94. The summed E-state index contributed by atoms with van der Waals surface area (Å²) in [5, 5.41) is 12.4. The van der Waals surface area contributed by atoms with Crippen molar-refractivity contribution in [3.63, 3.8) is 0 Å². The van der Waals surface area contributed by atoms with Crippen LogP contribution in [-0.4, -0.2) is 43.5 Å². The molecule has 1 aromatic carbocycles. The number of hydrogen-bond acceptors (Lipinski definition) is 4. The summed E-state index contributed by atoms with van der Waals surface area (Å²) in [7, 11) is 1.65. The second-order valence-electron chi connectivity index (χ2n) is 4.10. The molecule has 0 aliphatic heterocycles. The van der Waals surface area contributed by atoms with Crippen LogP contribution in [0.5, 0.6) is 5.75 Å². The molecule has 0 fully saturated rings. The highest BCUT2D eigenvalue weighted by molar-refractivity contribution is 6.18. The van der Waals surface area contributed by atoms with Gasteiger partial charge in [0.15, 0.2) is 0 Å². The van der Waals surface area contributed by atoms with Crippen molar-refractivity contribution in [2.45, 2.75) is 19.1 Å². The number of nitrogens with one attached hydrogen (secondary N) is 1. The molecule has 0 heterocycles. The van der Waals surface area contributed by atoms with Crippen molar-refractivity contribution in [2.24, 2.45) is 0 Å². The molecule has 0 aromatic heterocycles. The third kappa shape index (κ3) is 5.58. The van der Waals surface area contributed by atoms with Crippen LogP contribution in [0.1, 0.15) is 6.92 Å².